The third-order valence-corrected chi connectivity index (χ3v) is 3.89. The first-order chi connectivity index (χ1) is 9.96. The van der Waals surface area contributed by atoms with Crippen molar-refractivity contribution in [1.29, 1.82) is 0 Å². The fourth-order valence-corrected chi connectivity index (χ4v) is 2.93. The summed E-state index contributed by atoms with van der Waals surface area (Å²) in [6.45, 7) is 8.08. The number of aromatic nitrogens is 2. The Morgan fingerprint density at radius 1 is 1.24 bits per heavy atom. The van der Waals surface area contributed by atoms with Gasteiger partial charge in [-0.15, -0.1) is 0 Å². The number of rotatable bonds is 5. The number of hydrogen-bond acceptors (Lipinski definition) is 4. The molecule has 0 spiro atoms. The Kier molecular flexibility index (Phi) is 5.07. The Morgan fingerprint density at radius 3 is 2.52 bits per heavy atom. The molecule has 0 fully saturated rings. The second kappa shape index (κ2) is 6.80. The van der Waals surface area contributed by atoms with Crippen LogP contribution in [-0.2, 0) is 0 Å². The smallest absolute Gasteiger partial charge is 0.297 e. The molecule has 5 heteroatoms. The molecule has 0 radical (unpaired) electrons. The summed E-state index contributed by atoms with van der Waals surface area (Å²) in [7, 11) is 0. The quantitative estimate of drug-likeness (QED) is 0.855. The highest BCUT2D eigenvalue weighted by Gasteiger charge is 2.08. The van der Waals surface area contributed by atoms with E-state index >= 15 is 0 Å². The number of ether oxygens (including phenoxy) is 1. The van der Waals surface area contributed by atoms with Gasteiger partial charge in [-0.1, -0.05) is 24.8 Å². The van der Waals surface area contributed by atoms with Crippen molar-refractivity contribution in [2.45, 2.75) is 50.1 Å². The predicted octanol–water partition coefficient (Wildman–Crippen LogP) is 3.72. The minimum atomic E-state index is -0.199. The van der Waals surface area contributed by atoms with Crippen molar-refractivity contribution in [3.05, 3.63) is 45.7 Å². The van der Waals surface area contributed by atoms with Crippen LogP contribution in [0.15, 0.2) is 39.0 Å². The molecule has 0 aliphatic carbocycles. The molecular formula is C16H20N2O2S. The first-order valence-electron chi connectivity index (χ1n) is 7.00. The lowest BCUT2D eigenvalue weighted by Gasteiger charge is -2.11. The van der Waals surface area contributed by atoms with Crippen molar-refractivity contribution < 1.29 is 4.74 Å². The van der Waals surface area contributed by atoms with Gasteiger partial charge in [-0.3, -0.25) is 9.78 Å². The Labute approximate surface area is 129 Å². The van der Waals surface area contributed by atoms with Crippen molar-refractivity contribution in [2.24, 2.45) is 0 Å². The number of hydrogen-bond donors (Lipinski definition) is 1. The van der Waals surface area contributed by atoms with Gasteiger partial charge in [-0.25, -0.2) is 0 Å². The molecule has 0 saturated carbocycles. The molecule has 1 aromatic carbocycles. The third kappa shape index (κ3) is 4.63. The molecule has 1 heterocycles. The van der Waals surface area contributed by atoms with E-state index in [1.165, 1.54) is 29.0 Å². The van der Waals surface area contributed by atoms with Gasteiger partial charge in [0.05, 0.1) is 6.10 Å². The summed E-state index contributed by atoms with van der Waals surface area (Å²) in [6.07, 6.45) is 0.882. The second-order valence-electron chi connectivity index (χ2n) is 5.15. The van der Waals surface area contributed by atoms with E-state index in [-0.39, 0.29) is 17.7 Å². The molecule has 2 rings (SSSR count). The van der Waals surface area contributed by atoms with Crippen molar-refractivity contribution in [3.8, 4) is 6.01 Å². The topological polar surface area (TPSA) is 55.0 Å². The van der Waals surface area contributed by atoms with Crippen molar-refractivity contribution in [3.63, 3.8) is 0 Å². The van der Waals surface area contributed by atoms with Gasteiger partial charge < -0.3 is 4.74 Å². The van der Waals surface area contributed by atoms with Crippen LogP contribution in [0.3, 0.4) is 0 Å². The van der Waals surface area contributed by atoms with Crippen LogP contribution in [0, 0.1) is 13.8 Å². The van der Waals surface area contributed by atoms with E-state index in [2.05, 4.69) is 42.0 Å². The standard InChI is InChI=1S/C16H20N2O2S/c1-5-12(4)20-16-17-14(19)9-15(18-16)21-13-7-10(2)6-11(3)8-13/h6-9,12H,5H2,1-4H3,(H,17,18,19). The zero-order chi connectivity index (χ0) is 15.4. The van der Waals surface area contributed by atoms with Gasteiger partial charge in [0.2, 0.25) is 0 Å². The molecular weight excluding hydrogens is 284 g/mol. The SMILES string of the molecule is CCC(C)Oc1nc(Sc2cc(C)cc(C)c2)cc(=O)[nH]1. The molecule has 0 saturated heterocycles. The molecule has 0 bridgehead atoms. The fourth-order valence-electron chi connectivity index (χ4n) is 1.91. The number of benzene rings is 1. The summed E-state index contributed by atoms with van der Waals surface area (Å²) >= 11 is 1.47. The molecule has 112 valence electrons. The zero-order valence-electron chi connectivity index (χ0n) is 12.8. The average Bonchev–Trinajstić information content (AvgIpc) is 2.36. The highest BCUT2D eigenvalue weighted by Crippen LogP contribution is 2.27. The van der Waals surface area contributed by atoms with Gasteiger partial charge in [-0.05, 0) is 50.5 Å². The number of nitrogens with zero attached hydrogens (tertiary/aromatic N) is 1. The number of aryl methyl sites for hydroxylation is 2. The summed E-state index contributed by atoms with van der Waals surface area (Å²) in [5, 5.41) is 0.641. The fraction of sp³-hybridized carbons (Fsp3) is 0.375. The minimum absolute atomic E-state index is 0.0228. The number of nitrogens with one attached hydrogen (secondary N) is 1. The van der Waals surface area contributed by atoms with Crippen LogP contribution in [0.1, 0.15) is 31.4 Å². The largest absolute Gasteiger partial charge is 0.462 e. The average molecular weight is 304 g/mol. The lowest BCUT2D eigenvalue weighted by molar-refractivity contribution is 0.197. The zero-order valence-corrected chi connectivity index (χ0v) is 13.6. The van der Waals surface area contributed by atoms with Crippen LogP contribution in [-0.4, -0.2) is 16.1 Å². The van der Waals surface area contributed by atoms with E-state index in [0.29, 0.717) is 5.03 Å². The molecule has 21 heavy (non-hydrogen) atoms. The van der Waals surface area contributed by atoms with Crippen LogP contribution < -0.4 is 10.3 Å². The van der Waals surface area contributed by atoms with Crippen LogP contribution in [0.25, 0.3) is 0 Å². The molecule has 0 amide bonds. The summed E-state index contributed by atoms with van der Waals surface area (Å²) in [4.78, 5) is 19.8. The van der Waals surface area contributed by atoms with E-state index in [9.17, 15) is 4.79 Å². The molecule has 2 aromatic rings. The maximum Gasteiger partial charge on any atom is 0.297 e. The van der Waals surface area contributed by atoms with E-state index in [1.54, 1.807) is 0 Å². The summed E-state index contributed by atoms with van der Waals surface area (Å²) in [6, 6.07) is 8.05. The Bertz CT molecular complexity index is 662. The molecule has 1 N–H and O–H groups in total. The summed E-state index contributed by atoms with van der Waals surface area (Å²) in [5.74, 6) is 0. The monoisotopic (exact) mass is 304 g/mol. The van der Waals surface area contributed by atoms with Crippen LogP contribution in [0.5, 0.6) is 6.01 Å². The lowest BCUT2D eigenvalue weighted by atomic mass is 10.2. The van der Waals surface area contributed by atoms with E-state index in [1.807, 2.05) is 13.8 Å². The van der Waals surface area contributed by atoms with Gasteiger partial charge in [0.15, 0.2) is 0 Å². The Morgan fingerprint density at radius 2 is 1.90 bits per heavy atom. The van der Waals surface area contributed by atoms with Gasteiger partial charge in [0.1, 0.15) is 5.03 Å². The van der Waals surface area contributed by atoms with Crippen LogP contribution in [0.4, 0.5) is 0 Å². The first-order valence-corrected chi connectivity index (χ1v) is 7.82. The molecule has 1 unspecified atom stereocenters. The molecule has 1 aromatic heterocycles. The van der Waals surface area contributed by atoms with Gasteiger partial charge >= 0.3 is 0 Å². The normalized spacial score (nSPS) is 12.2. The van der Waals surface area contributed by atoms with Crippen molar-refractivity contribution in [2.75, 3.05) is 0 Å². The van der Waals surface area contributed by atoms with E-state index < -0.39 is 0 Å². The molecule has 1 atom stereocenters. The second-order valence-corrected chi connectivity index (χ2v) is 6.24. The molecule has 0 aliphatic rings. The van der Waals surface area contributed by atoms with Gasteiger partial charge in [0, 0.05) is 11.0 Å². The van der Waals surface area contributed by atoms with Crippen LogP contribution in [0.2, 0.25) is 0 Å². The Hall–Kier alpha value is -1.75. The molecule has 4 nitrogen and oxygen atoms in total. The molecule has 0 aliphatic heterocycles. The Balaban J connectivity index is 2.25. The maximum absolute atomic E-state index is 11.7. The van der Waals surface area contributed by atoms with Crippen LogP contribution >= 0.6 is 11.8 Å². The minimum Gasteiger partial charge on any atom is -0.462 e. The maximum atomic E-state index is 11.7. The summed E-state index contributed by atoms with van der Waals surface area (Å²) < 4.78 is 5.59. The van der Waals surface area contributed by atoms with Crippen molar-refractivity contribution >= 4 is 11.8 Å². The first kappa shape index (κ1) is 15.6. The lowest BCUT2D eigenvalue weighted by Crippen LogP contribution is -2.16. The predicted molar refractivity (Wildman–Crippen MR) is 85.3 cm³/mol. The highest BCUT2D eigenvalue weighted by molar-refractivity contribution is 7.99. The van der Waals surface area contributed by atoms with E-state index in [0.717, 1.165) is 11.3 Å². The third-order valence-electron chi connectivity index (χ3n) is 3.00. The number of aromatic amines is 1. The van der Waals surface area contributed by atoms with Gasteiger partial charge in [0.25, 0.3) is 11.6 Å². The summed E-state index contributed by atoms with van der Waals surface area (Å²) in [5.41, 5.74) is 2.19. The van der Waals surface area contributed by atoms with E-state index in [4.69, 9.17) is 4.74 Å². The number of H-pyrrole nitrogens is 1. The van der Waals surface area contributed by atoms with Crippen molar-refractivity contribution in [1.82, 2.24) is 9.97 Å². The highest BCUT2D eigenvalue weighted by atomic mass is 32.2. The van der Waals surface area contributed by atoms with Gasteiger partial charge in [-0.2, -0.15) is 4.98 Å².